The van der Waals surface area contributed by atoms with Crippen molar-refractivity contribution in [1.82, 2.24) is 9.97 Å². The molecule has 2 N–H and O–H groups in total. The first kappa shape index (κ1) is 9.99. The van der Waals surface area contributed by atoms with Crippen molar-refractivity contribution in [3.8, 4) is 6.19 Å². The van der Waals surface area contributed by atoms with Crippen molar-refractivity contribution >= 4 is 5.95 Å². The Hall–Kier alpha value is -2.09. The van der Waals surface area contributed by atoms with Gasteiger partial charge in [-0.25, -0.2) is 4.98 Å². The van der Waals surface area contributed by atoms with Crippen molar-refractivity contribution in [3.05, 3.63) is 34.3 Å². The van der Waals surface area contributed by atoms with Gasteiger partial charge in [0, 0.05) is 5.56 Å². The lowest BCUT2D eigenvalue weighted by atomic mass is 10.2. The Bertz CT molecular complexity index is 441. The highest BCUT2D eigenvalue weighted by atomic mass is 16.1. The predicted molar refractivity (Wildman–Crippen MR) is 52.7 cm³/mol. The Morgan fingerprint density at radius 1 is 1.79 bits per heavy atom. The molecule has 1 heterocycles. The van der Waals surface area contributed by atoms with Crippen molar-refractivity contribution in [3.63, 3.8) is 0 Å². The van der Waals surface area contributed by atoms with Crippen molar-refractivity contribution < 1.29 is 0 Å². The maximum absolute atomic E-state index is 11.4. The summed E-state index contributed by atoms with van der Waals surface area (Å²) in [7, 11) is 0. The summed E-state index contributed by atoms with van der Waals surface area (Å²) in [4.78, 5) is 17.9. The first-order valence-corrected chi connectivity index (χ1v) is 4.04. The smallest absolute Gasteiger partial charge is 0.256 e. The zero-order valence-corrected chi connectivity index (χ0v) is 7.79. The van der Waals surface area contributed by atoms with Crippen LogP contribution in [0.25, 0.3) is 0 Å². The molecule has 0 aliphatic heterocycles. The monoisotopic (exact) mass is 190 g/mol. The third-order valence-corrected chi connectivity index (χ3v) is 1.75. The van der Waals surface area contributed by atoms with Gasteiger partial charge in [0.2, 0.25) is 5.95 Å². The van der Waals surface area contributed by atoms with E-state index in [1.807, 2.05) is 0 Å². The predicted octanol–water partition coefficient (Wildman–Crippen LogP) is 0.700. The van der Waals surface area contributed by atoms with Crippen molar-refractivity contribution in [2.75, 3.05) is 5.32 Å². The topological polar surface area (TPSA) is 81.6 Å². The molecule has 0 unspecified atom stereocenters. The Labute approximate surface area is 81.1 Å². The normalized spacial score (nSPS) is 9.14. The number of anilines is 1. The number of nitrogens with one attached hydrogen (secondary N) is 2. The minimum Gasteiger partial charge on any atom is -0.292 e. The quantitative estimate of drug-likeness (QED) is 0.417. The van der Waals surface area contributed by atoms with Gasteiger partial charge in [0.15, 0.2) is 6.19 Å². The Balaban J connectivity index is 3.19. The van der Waals surface area contributed by atoms with E-state index < -0.39 is 0 Å². The number of aromatic nitrogens is 2. The van der Waals surface area contributed by atoms with Crippen LogP contribution >= 0.6 is 0 Å². The third kappa shape index (κ3) is 1.98. The molecule has 14 heavy (non-hydrogen) atoms. The minimum atomic E-state index is -0.241. The summed E-state index contributed by atoms with van der Waals surface area (Å²) < 4.78 is 0. The van der Waals surface area contributed by atoms with E-state index in [1.54, 1.807) is 19.2 Å². The number of hydrogen-bond acceptors (Lipinski definition) is 4. The lowest BCUT2D eigenvalue weighted by Gasteiger charge is -2.02. The van der Waals surface area contributed by atoms with E-state index in [0.29, 0.717) is 17.7 Å². The summed E-state index contributed by atoms with van der Waals surface area (Å²) in [6.45, 7) is 5.27. The highest BCUT2D eigenvalue weighted by molar-refractivity contribution is 5.33. The maximum Gasteiger partial charge on any atom is 0.256 e. The zero-order chi connectivity index (χ0) is 10.6. The highest BCUT2D eigenvalue weighted by Crippen LogP contribution is 2.02. The molecule has 1 aromatic rings. The van der Waals surface area contributed by atoms with Crippen molar-refractivity contribution in [1.29, 1.82) is 5.26 Å². The van der Waals surface area contributed by atoms with Crippen molar-refractivity contribution in [2.45, 2.75) is 13.3 Å². The molecule has 5 heteroatoms. The number of rotatable bonds is 3. The average molecular weight is 190 g/mol. The van der Waals surface area contributed by atoms with Gasteiger partial charge in [-0.15, -0.1) is 6.58 Å². The largest absolute Gasteiger partial charge is 0.292 e. The molecular weight excluding hydrogens is 180 g/mol. The summed E-state index contributed by atoms with van der Waals surface area (Å²) in [6.07, 6.45) is 3.80. The lowest BCUT2D eigenvalue weighted by molar-refractivity contribution is 0.999. The fourth-order valence-electron chi connectivity index (χ4n) is 1.11. The standard InChI is InChI=1S/C9H10N4O/c1-3-4-7-6(2)12-9(11-5-10)13-8(7)14/h3H,1,4H2,2H3,(H2,11,12,13,14). The summed E-state index contributed by atoms with van der Waals surface area (Å²) >= 11 is 0. The van der Waals surface area contributed by atoms with Crippen molar-refractivity contribution in [2.24, 2.45) is 0 Å². The van der Waals surface area contributed by atoms with Gasteiger partial charge in [-0.2, -0.15) is 5.26 Å². The van der Waals surface area contributed by atoms with Gasteiger partial charge in [0.05, 0.1) is 5.69 Å². The second kappa shape index (κ2) is 4.23. The fourth-order valence-corrected chi connectivity index (χ4v) is 1.11. The van der Waals surface area contributed by atoms with Crippen LogP contribution in [-0.2, 0) is 6.42 Å². The van der Waals surface area contributed by atoms with Crippen LogP contribution in [0.4, 0.5) is 5.95 Å². The van der Waals surface area contributed by atoms with Gasteiger partial charge in [0.1, 0.15) is 0 Å². The van der Waals surface area contributed by atoms with E-state index in [0.717, 1.165) is 0 Å². The van der Waals surface area contributed by atoms with Crippen LogP contribution in [0.1, 0.15) is 11.3 Å². The molecule has 0 saturated carbocycles. The number of H-pyrrole nitrogens is 1. The van der Waals surface area contributed by atoms with Gasteiger partial charge in [-0.3, -0.25) is 15.1 Å². The fraction of sp³-hybridized carbons (Fsp3) is 0.222. The molecule has 0 atom stereocenters. The number of nitriles is 1. The number of hydrogen-bond donors (Lipinski definition) is 2. The van der Waals surface area contributed by atoms with E-state index in [-0.39, 0.29) is 11.5 Å². The summed E-state index contributed by atoms with van der Waals surface area (Å²) in [5.74, 6) is 0.169. The number of allylic oxidation sites excluding steroid dienone is 1. The summed E-state index contributed by atoms with van der Waals surface area (Å²) in [6, 6.07) is 0. The minimum absolute atomic E-state index is 0.169. The van der Waals surface area contributed by atoms with E-state index in [2.05, 4.69) is 21.9 Å². The Morgan fingerprint density at radius 3 is 3.00 bits per heavy atom. The molecule has 0 aromatic carbocycles. The molecule has 72 valence electrons. The van der Waals surface area contributed by atoms with Gasteiger partial charge >= 0.3 is 0 Å². The molecule has 1 rings (SSSR count). The zero-order valence-electron chi connectivity index (χ0n) is 7.79. The molecule has 0 aliphatic rings. The number of aromatic amines is 1. The second-order valence-corrected chi connectivity index (χ2v) is 2.71. The van der Waals surface area contributed by atoms with E-state index in [1.165, 1.54) is 0 Å². The Morgan fingerprint density at radius 2 is 2.50 bits per heavy atom. The maximum atomic E-state index is 11.4. The molecule has 0 radical (unpaired) electrons. The van der Waals surface area contributed by atoms with E-state index in [4.69, 9.17) is 5.26 Å². The average Bonchev–Trinajstić information content (AvgIpc) is 2.12. The molecule has 0 fully saturated rings. The van der Waals surface area contributed by atoms with Crippen LogP contribution < -0.4 is 10.9 Å². The first-order valence-electron chi connectivity index (χ1n) is 4.04. The van der Waals surface area contributed by atoms with Gasteiger partial charge in [-0.05, 0) is 13.3 Å². The molecular formula is C9H10N4O. The van der Waals surface area contributed by atoms with Crippen LogP contribution in [0.5, 0.6) is 0 Å². The molecule has 0 saturated heterocycles. The SMILES string of the molecule is C=CCc1c(C)nc(NC#N)[nH]c1=O. The number of aryl methyl sites for hydroxylation is 1. The summed E-state index contributed by atoms with van der Waals surface area (Å²) in [5, 5.41) is 10.6. The lowest BCUT2D eigenvalue weighted by Crippen LogP contribution is -2.17. The molecule has 0 spiro atoms. The van der Waals surface area contributed by atoms with Crippen LogP contribution in [0.3, 0.4) is 0 Å². The van der Waals surface area contributed by atoms with Crippen LogP contribution in [0.2, 0.25) is 0 Å². The van der Waals surface area contributed by atoms with Crippen LogP contribution in [0, 0.1) is 18.4 Å². The highest BCUT2D eigenvalue weighted by Gasteiger charge is 2.05. The Kier molecular flexibility index (Phi) is 3.02. The third-order valence-electron chi connectivity index (χ3n) is 1.75. The second-order valence-electron chi connectivity index (χ2n) is 2.71. The number of nitrogens with zero attached hydrogens (tertiary/aromatic N) is 2. The molecule has 1 aromatic heterocycles. The van der Waals surface area contributed by atoms with Crippen LogP contribution in [0.15, 0.2) is 17.4 Å². The molecule has 0 aliphatic carbocycles. The first-order chi connectivity index (χ1) is 6.69. The van der Waals surface area contributed by atoms with Gasteiger partial charge < -0.3 is 0 Å². The molecule has 0 bridgehead atoms. The van der Waals surface area contributed by atoms with Gasteiger partial charge in [-0.1, -0.05) is 6.08 Å². The summed E-state index contributed by atoms with van der Waals surface area (Å²) in [5.41, 5.74) is 0.935. The molecule has 0 amide bonds. The molecule has 5 nitrogen and oxygen atoms in total. The van der Waals surface area contributed by atoms with Gasteiger partial charge in [0.25, 0.3) is 5.56 Å². The van der Waals surface area contributed by atoms with E-state index >= 15 is 0 Å². The van der Waals surface area contributed by atoms with Crippen LogP contribution in [-0.4, -0.2) is 9.97 Å². The van der Waals surface area contributed by atoms with E-state index in [9.17, 15) is 4.79 Å².